The number of halogens is 1. The molecule has 0 bridgehead atoms. The number of rotatable bonds is 6. The normalized spacial score (nSPS) is 10.3. The minimum absolute atomic E-state index is 0.182. The number of benzene rings is 1. The second-order valence-corrected chi connectivity index (χ2v) is 5.17. The quantitative estimate of drug-likeness (QED) is 0.770. The fraction of sp³-hybridized carbons (Fsp3) is 0.200. The largest absolute Gasteiger partial charge is 0.444 e. The van der Waals surface area contributed by atoms with E-state index in [-0.39, 0.29) is 17.6 Å². The van der Waals surface area contributed by atoms with E-state index >= 15 is 0 Å². The summed E-state index contributed by atoms with van der Waals surface area (Å²) < 4.78 is 10.5. The van der Waals surface area contributed by atoms with E-state index < -0.39 is 0 Å². The lowest BCUT2D eigenvalue weighted by molar-refractivity contribution is 0.0935. The molecule has 0 saturated heterocycles. The molecular formula is C15H15BrN2O4. The molecule has 1 aromatic heterocycles. The van der Waals surface area contributed by atoms with Crippen LogP contribution in [0, 0.1) is 0 Å². The molecule has 7 heteroatoms. The van der Waals surface area contributed by atoms with Gasteiger partial charge >= 0.3 is 0 Å². The zero-order valence-electron chi connectivity index (χ0n) is 11.9. The van der Waals surface area contributed by atoms with E-state index in [1.165, 1.54) is 0 Å². The minimum atomic E-state index is -0.386. The standard InChI is InChI=1S/C15H15BrN2O4/c1-21-8-7-17-14(19)10-3-2-4-11(9-10)18-15(20)12-5-6-13(16)22-12/h2-6,9H,7-8H2,1H3,(H,17,19)(H,18,20). The van der Waals surface area contributed by atoms with Gasteiger partial charge in [0.15, 0.2) is 10.4 Å². The molecule has 0 aliphatic carbocycles. The van der Waals surface area contributed by atoms with Crippen molar-refractivity contribution in [3.63, 3.8) is 0 Å². The van der Waals surface area contributed by atoms with Gasteiger partial charge in [0.25, 0.3) is 11.8 Å². The Balaban J connectivity index is 2.02. The molecule has 2 aromatic rings. The summed E-state index contributed by atoms with van der Waals surface area (Å²) in [6.07, 6.45) is 0. The molecule has 0 aliphatic rings. The Bertz CT molecular complexity index is 669. The zero-order chi connectivity index (χ0) is 15.9. The maximum atomic E-state index is 12.0. The van der Waals surface area contributed by atoms with E-state index in [2.05, 4.69) is 26.6 Å². The first-order valence-electron chi connectivity index (χ1n) is 6.54. The molecule has 0 fully saturated rings. The molecule has 22 heavy (non-hydrogen) atoms. The first kappa shape index (κ1) is 16.3. The van der Waals surface area contributed by atoms with Crippen molar-refractivity contribution in [2.45, 2.75) is 0 Å². The average molecular weight is 367 g/mol. The van der Waals surface area contributed by atoms with Crippen molar-refractivity contribution in [1.29, 1.82) is 0 Å². The Labute approximate surface area is 136 Å². The number of amides is 2. The fourth-order valence-corrected chi connectivity index (χ4v) is 2.04. The van der Waals surface area contributed by atoms with Crippen molar-refractivity contribution in [2.75, 3.05) is 25.6 Å². The lowest BCUT2D eigenvalue weighted by Crippen LogP contribution is -2.27. The second kappa shape index (κ2) is 7.77. The first-order valence-corrected chi connectivity index (χ1v) is 7.33. The number of methoxy groups -OCH3 is 1. The van der Waals surface area contributed by atoms with Gasteiger partial charge in [-0.05, 0) is 46.3 Å². The summed E-state index contributed by atoms with van der Waals surface area (Å²) in [7, 11) is 1.56. The molecule has 0 aliphatic heterocycles. The first-order chi connectivity index (χ1) is 10.6. The summed E-state index contributed by atoms with van der Waals surface area (Å²) >= 11 is 3.14. The molecule has 0 spiro atoms. The van der Waals surface area contributed by atoms with Crippen molar-refractivity contribution in [1.82, 2.24) is 5.32 Å². The summed E-state index contributed by atoms with van der Waals surface area (Å²) in [5.74, 6) is -0.432. The molecule has 2 rings (SSSR count). The van der Waals surface area contributed by atoms with Crippen LogP contribution >= 0.6 is 15.9 Å². The average Bonchev–Trinajstić information content (AvgIpc) is 2.94. The molecule has 2 amide bonds. The third kappa shape index (κ3) is 4.44. The molecular weight excluding hydrogens is 352 g/mol. The van der Waals surface area contributed by atoms with Gasteiger partial charge in [0.05, 0.1) is 6.61 Å². The summed E-state index contributed by atoms with van der Waals surface area (Å²) in [6, 6.07) is 9.84. The summed E-state index contributed by atoms with van der Waals surface area (Å²) in [6.45, 7) is 0.863. The highest BCUT2D eigenvalue weighted by molar-refractivity contribution is 9.10. The Morgan fingerprint density at radius 3 is 2.73 bits per heavy atom. The van der Waals surface area contributed by atoms with Crippen molar-refractivity contribution in [3.05, 3.63) is 52.4 Å². The van der Waals surface area contributed by atoms with E-state index in [0.29, 0.717) is 29.1 Å². The van der Waals surface area contributed by atoms with Crippen LogP contribution in [0.1, 0.15) is 20.9 Å². The highest BCUT2D eigenvalue weighted by atomic mass is 79.9. The van der Waals surface area contributed by atoms with Crippen LogP contribution in [0.3, 0.4) is 0 Å². The van der Waals surface area contributed by atoms with E-state index in [9.17, 15) is 9.59 Å². The van der Waals surface area contributed by atoms with Crippen LogP contribution in [0.25, 0.3) is 0 Å². The molecule has 0 saturated carbocycles. The van der Waals surface area contributed by atoms with Gasteiger partial charge in [-0.15, -0.1) is 0 Å². The van der Waals surface area contributed by atoms with Crippen LogP contribution in [0.4, 0.5) is 5.69 Å². The van der Waals surface area contributed by atoms with Crippen molar-refractivity contribution < 1.29 is 18.7 Å². The topological polar surface area (TPSA) is 80.6 Å². The van der Waals surface area contributed by atoms with Gasteiger partial charge in [0.2, 0.25) is 0 Å². The molecule has 0 unspecified atom stereocenters. The fourth-order valence-electron chi connectivity index (χ4n) is 1.74. The van der Waals surface area contributed by atoms with Gasteiger partial charge in [0.1, 0.15) is 0 Å². The third-order valence-corrected chi connectivity index (χ3v) is 3.20. The van der Waals surface area contributed by atoms with Crippen molar-refractivity contribution in [2.24, 2.45) is 0 Å². The number of nitrogens with one attached hydrogen (secondary N) is 2. The Morgan fingerprint density at radius 2 is 2.05 bits per heavy atom. The number of hydrogen-bond acceptors (Lipinski definition) is 4. The molecule has 0 radical (unpaired) electrons. The van der Waals surface area contributed by atoms with Gasteiger partial charge in [-0.2, -0.15) is 0 Å². The number of ether oxygens (including phenoxy) is 1. The van der Waals surface area contributed by atoms with E-state index in [4.69, 9.17) is 9.15 Å². The molecule has 6 nitrogen and oxygen atoms in total. The van der Waals surface area contributed by atoms with Gasteiger partial charge in [0, 0.05) is 24.9 Å². The summed E-state index contributed by atoms with van der Waals surface area (Å²) in [5.41, 5.74) is 0.964. The number of furan rings is 1. The van der Waals surface area contributed by atoms with Crippen molar-refractivity contribution >= 4 is 33.4 Å². The van der Waals surface area contributed by atoms with E-state index in [1.54, 1.807) is 43.5 Å². The van der Waals surface area contributed by atoms with Crippen LogP contribution in [0.15, 0.2) is 45.5 Å². The maximum Gasteiger partial charge on any atom is 0.291 e. The van der Waals surface area contributed by atoms with Gasteiger partial charge in [-0.25, -0.2) is 0 Å². The summed E-state index contributed by atoms with van der Waals surface area (Å²) in [4.78, 5) is 23.9. The van der Waals surface area contributed by atoms with E-state index in [1.807, 2.05) is 0 Å². The monoisotopic (exact) mass is 366 g/mol. The van der Waals surface area contributed by atoms with Gasteiger partial charge in [-0.1, -0.05) is 6.07 Å². The zero-order valence-corrected chi connectivity index (χ0v) is 13.5. The van der Waals surface area contributed by atoms with Crippen LogP contribution < -0.4 is 10.6 Å². The Morgan fingerprint density at radius 1 is 1.23 bits per heavy atom. The van der Waals surface area contributed by atoms with Crippen molar-refractivity contribution in [3.8, 4) is 0 Å². The lowest BCUT2D eigenvalue weighted by atomic mass is 10.2. The summed E-state index contributed by atoms with van der Waals surface area (Å²) in [5, 5.41) is 5.39. The molecule has 1 heterocycles. The van der Waals surface area contributed by atoms with E-state index in [0.717, 1.165) is 0 Å². The van der Waals surface area contributed by atoms with Crippen LogP contribution in [-0.4, -0.2) is 32.1 Å². The third-order valence-electron chi connectivity index (χ3n) is 2.77. The van der Waals surface area contributed by atoms with Gasteiger partial charge in [-0.3, -0.25) is 9.59 Å². The van der Waals surface area contributed by atoms with Gasteiger partial charge < -0.3 is 19.8 Å². The number of hydrogen-bond donors (Lipinski definition) is 2. The highest BCUT2D eigenvalue weighted by Gasteiger charge is 2.12. The smallest absolute Gasteiger partial charge is 0.291 e. The molecule has 116 valence electrons. The number of carbonyl (C=O) groups excluding carboxylic acids is 2. The number of anilines is 1. The maximum absolute atomic E-state index is 12.0. The SMILES string of the molecule is COCCNC(=O)c1cccc(NC(=O)c2ccc(Br)o2)c1. The van der Waals surface area contributed by atoms with Crippen LogP contribution in [0.2, 0.25) is 0 Å². The Hall–Kier alpha value is -2.12. The minimum Gasteiger partial charge on any atom is -0.444 e. The lowest BCUT2D eigenvalue weighted by Gasteiger charge is -2.07. The predicted molar refractivity (Wildman–Crippen MR) is 85.0 cm³/mol. The number of carbonyl (C=O) groups is 2. The predicted octanol–water partition coefficient (Wildman–Crippen LogP) is 2.67. The molecule has 2 N–H and O–H groups in total. The van der Waals surface area contributed by atoms with Crippen LogP contribution in [0.5, 0.6) is 0 Å². The Kier molecular flexibility index (Phi) is 5.74. The second-order valence-electron chi connectivity index (χ2n) is 4.39. The molecule has 0 atom stereocenters. The van der Waals surface area contributed by atoms with Crippen LogP contribution in [-0.2, 0) is 4.74 Å². The molecule has 1 aromatic carbocycles. The highest BCUT2D eigenvalue weighted by Crippen LogP contribution is 2.16.